The van der Waals surface area contributed by atoms with E-state index < -0.39 is 15.8 Å². The van der Waals surface area contributed by atoms with E-state index in [4.69, 9.17) is 20.8 Å². The number of rotatable bonds is 11. The number of benzene rings is 3. The number of ether oxygens (including phenoxy) is 1. The second-order valence-corrected chi connectivity index (χ2v) is 10.7. The number of halogens is 1. The van der Waals surface area contributed by atoms with E-state index in [1.165, 1.54) is 41.7 Å². The largest absolute Gasteiger partial charge is 0.495 e. The first-order valence-corrected chi connectivity index (χ1v) is 13.8. The number of nitrogens with zero attached hydrogens (tertiary/aromatic N) is 1. The van der Waals surface area contributed by atoms with Crippen LogP contribution in [0.1, 0.15) is 40.3 Å². The summed E-state index contributed by atoms with van der Waals surface area (Å²) in [6.07, 6.45) is 0. The number of furan rings is 1. The van der Waals surface area contributed by atoms with Gasteiger partial charge in [-0.3, -0.25) is 9.59 Å². The van der Waals surface area contributed by atoms with Gasteiger partial charge in [0, 0.05) is 29.6 Å². The highest BCUT2D eigenvalue weighted by molar-refractivity contribution is 7.89. The third-order valence-corrected chi connectivity index (χ3v) is 8.52. The van der Waals surface area contributed by atoms with Crippen molar-refractivity contribution >= 4 is 49.8 Å². The highest BCUT2D eigenvalue weighted by atomic mass is 35.5. The van der Waals surface area contributed by atoms with Gasteiger partial charge in [0.05, 0.1) is 29.3 Å². The summed E-state index contributed by atoms with van der Waals surface area (Å²) in [5, 5.41) is 3.98. The van der Waals surface area contributed by atoms with Gasteiger partial charge >= 0.3 is 0 Å². The molecule has 0 unspecified atom stereocenters. The third kappa shape index (κ3) is 5.31. The average Bonchev–Trinajstić information content (AvgIpc) is 3.30. The molecule has 3 aromatic carbocycles. The van der Waals surface area contributed by atoms with E-state index in [1.807, 2.05) is 0 Å². The number of carbonyl (C=O) groups is 2. The highest BCUT2D eigenvalue weighted by Gasteiger charge is 2.24. The quantitative estimate of drug-likeness (QED) is 0.239. The van der Waals surface area contributed by atoms with Gasteiger partial charge in [-0.25, -0.2) is 8.42 Å². The number of ketones is 2. The Balaban J connectivity index is 1.59. The van der Waals surface area contributed by atoms with Crippen LogP contribution in [-0.4, -0.2) is 51.0 Å². The first-order chi connectivity index (χ1) is 18.2. The predicted octanol–water partition coefficient (Wildman–Crippen LogP) is 5.65. The second kappa shape index (κ2) is 11.4. The average molecular weight is 555 g/mol. The molecular formula is C28H27ClN2O6S. The Bertz CT molecular complexity index is 1590. The van der Waals surface area contributed by atoms with E-state index in [1.54, 1.807) is 50.2 Å². The Hall–Kier alpha value is -3.66. The summed E-state index contributed by atoms with van der Waals surface area (Å²) in [5.74, 6) is -0.215. The number of anilines is 1. The van der Waals surface area contributed by atoms with Crippen molar-refractivity contribution in [3.05, 3.63) is 88.6 Å². The van der Waals surface area contributed by atoms with Crippen molar-refractivity contribution in [3.63, 3.8) is 0 Å². The van der Waals surface area contributed by atoms with Crippen LogP contribution < -0.4 is 10.1 Å². The van der Waals surface area contributed by atoms with E-state index >= 15 is 0 Å². The molecule has 1 heterocycles. The molecule has 1 N–H and O–H groups in total. The van der Waals surface area contributed by atoms with Crippen LogP contribution in [0.4, 0.5) is 5.69 Å². The van der Waals surface area contributed by atoms with Crippen LogP contribution >= 0.6 is 11.6 Å². The maximum atomic E-state index is 13.4. The zero-order valence-electron chi connectivity index (χ0n) is 21.2. The molecule has 0 amide bonds. The van der Waals surface area contributed by atoms with Crippen molar-refractivity contribution in [2.75, 3.05) is 32.1 Å². The Labute approximate surface area is 226 Å². The number of hydrogen-bond donors (Lipinski definition) is 1. The van der Waals surface area contributed by atoms with Crippen molar-refractivity contribution in [3.8, 4) is 5.75 Å². The maximum absolute atomic E-state index is 13.4. The molecule has 0 aliphatic carbocycles. The minimum atomic E-state index is -3.63. The fourth-order valence-electron chi connectivity index (χ4n) is 4.12. The van der Waals surface area contributed by atoms with Crippen LogP contribution in [-0.2, 0) is 10.0 Å². The molecule has 0 aliphatic rings. The van der Waals surface area contributed by atoms with Crippen LogP contribution in [0.15, 0.2) is 76.0 Å². The normalized spacial score (nSPS) is 11.6. The van der Waals surface area contributed by atoms with Gasteiger partial charge in [0.2, 0.25) is 15.8 Å². The topological polar surface area (TPSA) is 106 Å². The zero-order chi connectivity index (χ0) is 27.4. The van der Waals surface area contributed by atoms with Gasteiger partial charge in [0.25, 0.3) is 0 Å². The fourth-order valence-corrected chi connectivity index (χ4v) is 5.83. The molecule has 10 heteroatoms. The lowest BCUT2D eigenvalue weighted by molar-refractivity contribution is 0.0997. The summed E-state index contributed by atoms with van der Waals surface area (Å²) in [7, 11) is -2.14. The van der Waals surface area contributed by atoms with Gasteiger partial charge in [-0.1, -0.05) is 37.6 Å². The summed E-state index contributed by atoms with van der Waals surface area (Å²) in [6.45, 7) is 4.10. The summed E-state index contributed by atoms with van der Waals surface area (Å²) in [6, 6.07) is 17.6. The molecule has 198 valence electrons. The highest BCUT2D eigenvalue weighted by Crippen LogP contribution is 2.34. The molecule has 8 nitrogen and oxygen atoms in total. The molecule has 4 aromatic rings. The molecule has 0 fully saturated rings. The number of fused-ring (bicyclic) bond motifs is 1. The van der Waals surface area contributed by atoms with Crippen molar-refractivity contribution < 1.29 is 27.2 Å². The van der Waals surface area contributed by atoms with E-state index in [-0.39, 0.29) is 28.0 Å². The predicted molar refractivity (Wildman–Crippen MR) is 147 cm³/mol. The number of Topliss-reactive ketones (excluding diaryl/α,β-unsaturated/α-hetero) is 1. The first-order valence-electron chi connectivity index (χ1n) is 12.0. The number of methoxy groups -OCH3 is 1. The Morgan fingerprint density at radius 2 is 1.63 bits per heavy atom. The lowest BCUT2D eigenvalue weighted by atomic mass is 10.1. The van der Waals surface area contributed by atoms with Crippen molar-refractivity contribution in [1.82, 2.24) is 4.31 Å². The smallest absolute Gasteiger partial charge is 0.243 e. The number of sulfonamides is 1. The fraction of sp³-hybridized carbons (Fsp3) is 0.214. The van der Waals surface area contributed by atoms with Gasteiger partial charge in [-0.2, -0.15) is 4.31 Å². The van der Waals surface area contributed by atoms with Crippen molar-refractivity contribution in [2.45, 2.75) is 18.7 Å². The van der Waals surface area contributed by atoms with E-state index in [9.17, 15) is 18.0 Å². The van der Waals surface area contributed by atoms with Crippen molar-refractivity contribution in [1.29, 1.82) is 0 Å². The first kappa shape index (κ1) is 27.4. The molecule has 38 heavy (non-hydrogen) atoms. The minimum absolute atomic E-state index is 0.0425. The summed E-state index contributed by atoms with van der Waals surface area (Å²) in [4.78, 5) is 26.5. The van der Waals surface area contributed by atoms with Gasteiger partial charge in [0.15, 0.2) is 11.5 Å². The SMILES string of the molecule is CCN(CC)S(=O)(=O)c1ccc(C(=O)CNc2c(C(=O)c3ccc(OC)c(Cl)c3)oc3ccccc23)cc1. The Morgan fingerprint density at radius 3 is 2.26 bits per heavy atom. The van der Waals surface area contributed by atoms with Crippen LogP contribution in [0, 0.1) is 0 Å². The molecule has 0 saturated carbocycles. The molecular weight excluding hydrogens is 528 g/mol. The summed E-state index contributed by atoms with van der Waals surface area (Å²) < 4.78 is 37.8. The lowest BCUT2D eigenvalue weighted by Gasteiger charge is -2.18. The number of para-hydroxylation sites is 1. The van der Waals surface area contributed by atoms with Gasteiger partial charge in [-0.15, -0.1) is 0 Å². The second-order valence-electron chi connectivity index (χ2n) is 8.37. The molecule has 0 bridgehead atoms. The monoisotopic (exact) mass is 554 g/mol. The van der Waals surface area contributed by atoms with Gasteiger partial charge < -0.3 is 14.5 Å². The molecule has 0 aliphatic heterocycles. The number of hydrogen-bond acceptors (Lipinski definition) is 7. The van der Waals surface area contributed by atoms with E-state index in [0.29, 0.717) is 46.6 Å². The Kier molecular flexibility index (Phi) is 8.20. The summed E-state index contributed by atoms with van der Waals surface area (Å²) >= 11 is 6.21. The van der Waals surface area contributed by atoms with Crippen LogP contribution in [0.3, 0.4) is 0 Å². The van der Waals surface area contributed by atoms with E-state index in [0.717, 1.165) is 0 Å². The van der Waals surface area contributed by atoms with E-state index in [2.05, 4.69) is 5.32 Å². The van der Waals surface area contributed by atoms with Crippen LogP contribution in [0.25, 0.3) is 11.0 Å². The van der Waals surface area contributed by atoms with Crippen molar-refractivity contribution in [2.24, 2.45) is 0 Å². The van der Waals surface area contributed by atoms with Gasteiger partial charge in [-0.05, 0) is 54.6 Å². The minimum Gasteiger partial charge on any atom is -0.495 e. The number of carbonyl (C=O) groups excluding carboxylic acids is 2. The Morgan fingerprint density at radius 1 is 0.974 bits per heavy atom. The molecule has 1 aromatic heterocycles. The number of nitrogens with one attached hydrogen (secondary N) is 1. The standard InChI is InChI=1S/C28H27ClN2O6S/c1-4-31(5-2)38(34,35)20-13-10-18(11-14-20)23(32)17-30-26-21-8-6-7-9-24(21)37-28(26)27(33)19-12-15-25(36-3)22(29)16-19/h6-16,30H,4-5,17H2,1-3H3. The molecule has 0 saturated heterocycles. The maximum Gasteiger partial charge on any atom is 0.243 e. The molecule has 0 radical (unpaired) electrons. The molecule has 0 spiro atoms. The van der Waals surface area contributed by atoms with Gasteiger partial charge in [0.1, 0.15) is 11.3 Å². The lowest BCUT2D eigenvalue weighted by Crippen LogP contribution is -2.30. The van der Waals surface area contributed by atoms with Crippen LogP contribution in [0.5, 0.6) is 5.75 Å². The molecule has 0 atom stereocenters. The summed E-state index contributed by atoms with van der Waals surface area (Å²) in [5.41, 5.74) is 1.50. The molecule has 4 rings (SSSR count). The third-order valence-electron chi connectivity index (χ3n) is 6.16. The zero-order valence-corrected chi connectivity index (χ0v) is 22.7. The van der Waals surface area contributed by atoms with Crippen LogP contribution in [0.2, 0.25) is 5.02 Å².